The number of hydrogen-bond acceptors (Lipinski definition) is 13. The van der Waals surface area contributed by atoms with Crippen molar-refractivity contribution >= 4 is 50.0 Å². The van der Waals surface area contributed by atoms with Gasteiger partial charge in [-0.05, 0) is 51.4 Å². The lowest BCUT2D eigenvalue weighted by Crippen LogP contribution is -2.76. The summed E-state index contributed by atoms with van der Waals surface area (Å²) in [5.41, 5.74) is 6.08. The number of hydrogen-bond donors (Lipinski definition) is 4. The van der Waals surface area contributed by atoms with Gasteiger partial charge in [-0.1, -0.05) is 5.16 Å². The number of carbonyl (C=O) groups excluding carboxylic acids is 2. The van der Waals surface area contributed by atoms with Crippen molar-refractivity contribution in [3.05, 3.63) is 41.3 Å². The van der Waals surface area contributed by atoms with E-state index >= 15 is 0 Å². The van der Waals surface area contributed by atoms with Gasteiger partial charge in [0.15, 0.2) is 17.5 Å². The summed E-state index contributed by atoms with van der Waals surface area (Å²) in [4.78, 5) is 39.5. The van der Waals surface area contributed by atoms with E-state index in [0.717, 1.165) is 42.2 Å². The van der Waals surface area contributed by atoms with Gasteiger partial charge >= 0.3 is 10.4 Å². The standard InChI is InChI=1S/C23H28N8O8S2/c1-23(2)19(21(33)31(23)39-41(34,35)36)28-20(32)18(16-12-40-22(24)27-16)29-38-6-5-37-15-3-4-17-26-14(10-30(17)11-15)7-13-8-25-9-13/h3-4,10-13,19,25H,5-9H2,1-2H3,(H2,24,27)(H,28,32)(H,34,35,36)/b29-18-. The molecule has 2 aliphatic heterocycles. The summed E-state index contributed by atoms with van der Waals surface area (Å²) in [6.07, 6.45) is 4.71. The highest BCUT2D eigenvalue weighted by Gasteiger charge is 2.58. The van der Waals surface area contributed by atoms with Crippen molar-refractivity contribution in [2.24, 2.45) is 11.1 Å². The van der Waals surface area contributed by atoms with Gasteiger partial charge in [-0.2, -0.15) is 13.5 Å². The first-order valence-electron chi connectivity index (χ1n) is 12.4. The molecule has 2 aliphatic rings. The number of hydroxylamine groups is 2. The fourth-order valence-corrected chi connectivity index (χ4v) is 5.33. The summed E-state index contributed by atoms with van der Waals surface area (Å²) in [5.74, 6) is -0.523. The molecule has 1 atom stereocenters. The number of β-lactam (4-membered cyclic amide) rings is 1. The van der Waals surface area contributed by atoms with Crippen LogP contribution in [-0.2, 0) is 35.5 Å². The fourth-order valence-electron chi connectivity index (χ4n) is 4.32. The lowest BCUT2D eigenvalue weighted by atomic mass is 9.84. The average molecular weight is 609 g/mol. The molecule has 5 heterocycles. The van der Waals surface area contributed by atoms with Gasteiger partial charge in [0.05, 0.1) is 17.4 Å². The molecule has 220 valence electrons. The van der Waals surface area contributed by atoms with Gasteiger partial charge in [-0.15, -0.1) is 15.6 Å². The van der Waals surface area contributed by atoms with Crippen LogP contribution in [0.5, 0.6) is 5.75 Å². The Bertz CT molecular complexity index is 1600. The van der Waals surface area contributed by atoms with Gasteiger partial charge in [-0.3, -0.25) is 14.1 Å². The molecular formula is C23H28N8O8S2. The summed E-state index contributed by atoms with van der Waals surface area (Å²) in [6.45, 7) is 4.96. The maximum Gasteiger partial charge on any atom is 0.418 e. The molecule has 2 saturated heterocycles. The Balaban J connectivity index is 1.19. The molecule has 0 aliphatic carbocycles. The summed E-state index contributed by atoms with van der Waals surface area (Å²) < 4.78 is 42.9. The molecule has 1 unspecified atom stereocenters. The van der Waals surface area contributed by atoms with E-state index in [4.69, 9.17) is 19.9 Å². The lowest BCUT2D eigenvalue weighted by Gasteiger charge is -2.50. The minimum absolute atomic E-state index is 0.0257. The molecule has 3 aromatic rings. The van der Waals surface area contributed by atoms with Crippen molar-refractivity contribution < 1.29 is 36.4 Å². The van der Waals surface area contributed by atoms with Gasteiger partial charge in [0.1, 0.15) is 29.7 Å². The Morgan fingerprint density at radius 3 is 2.71 bits per heavy atom. The van der Waals surface area contributed by atoms with Crippen molar-refractivity contribution in [3.8, 4) is 5.75 Å². The van der Waals surface area contributed by atoms with Gasteiger partial charge in [-0.25, -0.2) is 9.97 Å². The summed E-state index contributed by atoms with van der Waals surface area (Å²) in [6, 6.07) is 2.46. The third-order valence-corrected chi connectivity index (χ3v) is 7.55. The quantitative estimate of drug-likeness (QED) is 0.0691. The smallest absolute Gasteiger partial charge is 0.418 e. The number of aromatic nitrogens is 3. The molecule has 0 radical (unpaired) electrons. The highest BCUT2D eigenvalue weighted by atomic mass is 32.3. The maximum atomic E-state index is 13.1. The number of fused-ring (bicyclic) bond motifs is 1. The topological polar surface area (TPSA) is 212 Å². The molecule has 5 N–H and O–H groups in total. The third kappa shape index (κ3) is 6.41. The molecular weight excluding hydrogens is 580 g/mol. The van der Waals surface area contributed by atoms with E-state index in [1.807, 2.05) is 22.9 Å². The number of nitrogens with zero attached hydrogens (tertiary/aromatic N) is 5. The van der Waals surface area contributed by atoms with E-state index in [-0.39, 0.29) is 29.8 Å². The normalized spacial score (nSPS) is 19.1. The van der Waals surface area contributed by atoms with Crippen molar-refractivity contribution in [1.82, 2.24) is 30.1 Å². The number of thiazole rings is 1. The van der Waals surface area contributed by atoms with Crippen LogP contribution >= 0.6 is 11.3 Å². The van der Waals surface area contributed by atoms with E-state index in [2.05, 4.69) is 30.0 Å². The highest BCUT2D eigenvalue weighted by molar-refractivity contribution is 7.80. The van der Waals surface area contributed by atoms with Crippen LogP contribution in [0.4, 0.5) is 5.13 Å². The van der Waals surface area contributed by atoms with Gasteiger partial charge in [0, 0.05) is 11.6 Å². The first-order chi connectivity index (χ1) is 19.4. The number of imidazole rings is 1. The molecule has 5 rings (SSSR count). The van der Waals surface area contributed by atoms with Crippen LogP contribution in [0.1, 0.15) is 25.2 Å². The van der Waals surface area contributed by atoms with E-state index in [0.29, 0.717) is 16.7 Å². The average Bonchev–Trinajstić information content (AvgIpc) is 3.49. The predicted octanol–water partition coefficient (Wildman–Crippen LogP) is -0.225. The van der Waals surface area contributed by atoms with Crippen LogP contribution in [0.3, 0.4) is 0 Å². The SMILES string of the molecule is CC1(C)C(NC(=O)/C(=N\OCCOc2ccc3nc(CC4CNC4)cn3c2)c2csc(N)n2)C(=O)N1OS(=O)(=O)O. The Hall–Kier alpha value is -3.84. The molecule has 2 fully saturated rings. The van der Waals surface area contributed by atoms with E-state index in [1.54, 1.807) is 6.07 Å². The number of nitrogens with one attached hydrogen (secondary N) is 2. The number of pyridine rings is 1. The van der Waals surface area contributed by atoms with Crippen molar-refractivity contribution in [2.45, 2.75) is 31.8 Å². The first kappa shape index (κ1) is 28.7. The first-order valence-corrected chi connectivity index (χ1v) is 14.7. The second kappa shape index (κ2) is 11.2. The molecule has 0 saturated carbocycles. The molecule has 3 aromatic heterocycles. The molecule has 0 spiro atoms. The molecule has 0 aromatic carbocycles. The van der Waals surface area contributed by atoms with Crippen LogP contribution in [0.25, 0.3) is 5.65 Å². The summed E-state index contributed by atoms with van der Waals surface area (Å²) in [7, 11) is -4.94. The number of nitrogen functional groups attached to an aromatic ring is 1. The Morgan fingerprint density at radius 2 is 2.07 bits per heavy atom. The Kier molecular flexibility index (Phi) is 7.84. The Morgan fingerprint density at radius 1 is 1.29 bits per heavy atom. The van der Waals surface area contributed by atoms with Crippen LogP contribution in [-0.4, -0.2) is 87.8 Å². The molecule has 18 heteroatoms. The van der Waals surface area contributed by atoms with Gasteiger partial charge < -0.3 is 30.3 Å². The van der Waals surface area contributed by atoms with Crippen LogP contribution in [0, 0.1) is 5.92 Å². The molecule has 2 amide bonds. The Labute approximate surface area is 238 Å². The molecule has 16 nitrogen and oxygen atoms in total. The van der Waals surface area contributed by atoms with Gasteiger partial charge in [0.2, 0.25) is 0 Å². The molecule has 41 heavy (non-hydrogen) atoms. The van der Waals surface area contributed by atoms with Crippen LogP contribution in [0.2, 0.25) is 0 Å². The minimum atomic E-state index is -4.94. The number of ether oxygens (including phenoxy) is 1. The predicted molar refractivity (Wildman–Crippen MR) is 145 cm³/mol. The second-order valence-corrected chi connectivity index (χ2v) is 11.9. The lowest BCUT2D eigenvalue weighted by molar-refractivity contribution is -0.218. The molecule has 0 bridgehead atoms. The van der Waals surface area contributed by atoms with E-state index in [1.165, 1.54) is 19.2 Å². The van der Waals surface area contributed by atoms with E-state index in [9.17, 15) is 18.0 Å². The zero-order valence-corrected chi connectivity index (χ0v) is 23.6. The fraction of sp³-hybridized carbons (Fsp3) is 0.435. The van der Waals surface area contributed by atoms with Crippen molar-refractivity contribution in [3.63, 3.8) is 0 Å². The van der Waals surface area contributed by atoms with Crippen molar-refractivity contribution in [2.75, 3.05) is 32.0 Å². The number of oxime groups is 1. The van der Waals surface area contributed by atoms with Crippen LogP contribution in [0.15, 0.2) is 35.1 Å². The maximum absolute atomic E-state index is 13.1. The number of anilines is 1. The third-order valence-electron chi connectivity index (χ3n) is 6.54. The number of rotatable bonds is 12. The van der Waals surface area contributed by atoms with E-state index < -0.39 is 33.8 Å². The number of carbonyl (C=O) groups is 2. The van der Waals surface area contributed by atoms with Gasteiger partial charge in [0.25, 0.3) is 11.8 Å². The summed E-state index contributed by atoms with van der Waals surface area (Å²) in [5, 5.41) is 11.7. The second-order valence-electron chi connectivity index (χ2n) is 9.98. The monoisotopic (exact) mass is 608 g/mol. The zero-order valence-electron chi connectivity index (χ0n) is 22.0. The summed E-state index contributed by atoms with van der Waals surface area (Å²) >= 11 is 1.07. The highest BCUT2D eigenvalue weighted by Crippen LogP contribution is 2.33. The van der Waals surface area contributed by atoms with Crippen molar-refractivity contribution in [1.29, 1.82) is 0 Å². The number of nitrogens with two attached hydrogens (primary N) is 1. The minimum Gasteiger partial charge on any atom is -0.488 e. The zero-order chi connectivity index (χ0) is 29.4. The largest absolute Gasteiger partial charge is 0.488 e. The number of amides is 2. The van der Waals surface area contributed by atoms with Crippen LogP contribution < -0.4 is 21.1 Å².